The van der Waals surface area contributed by atoms with Crippen LogP contribution in [-0.2, 0) is 24.5 Å². The predicted molar refractivity (Wildman–Crippen MR) is 89.3 cm³/mol. The number of ether oxygens (including phenoxy) is 4. The highest BCUT2D eigenvalue weighted by molar-refractivity contribution is 6.04. The Labute approximate surface area is 146 Å². The van der Waals surface area contributed by atoms with Gasteiger partial charge in [-0.2, -0.15) is 0 Å². The molecule has 0 N–H and O–H groups in total. The second kappa shape index (κ2) is 5.95. The zero-order valence-electron chi connectivity index (χ0n) is 14.9. The summed E-state index contributed by atoms with van der Waals surface area (Å²) in [5.74, 6) is 0.783. The van der Waals surface area contributed by atoms with Crippen molar-refractivity contribution in [3.63, 3.8) is 0 Å². The van der Waals surface area contributed by atoms with Crippen LogP contribution >= 0.6 is 0 Å². The largest absolute Gasteiger partial charge is 0.497 e. The summed E-state index contributed by atoms with van der Waals surface area (Å²) in [4.78, 5) is 24.9. The number of carbonyl (C=O) groups is 2. The van der Waals surface area contributed by atoms with Crippen LogP contribution in [0.15, 0.2) is 40.7 Å². The highest BCUT2D eigenvalue weighted by Crippen LogP contribution is 2.55. The Balaban J connectivity index is 2.30. The van der Waals surface area contributed by atoms with Gasteiger partial charge in [-0.3, -0.25) is 0 Å². The molecule has 1 unspecified atom stereocenters. The monoisotopic (exact) mass is 344 g/mol. The van der Waals surface area contributed by atoms with E-state index in [0.29, 0.717) is 22.8 Å². The molecule has 1 aliphatic heterocycles. The van der Waals surface area contributed by atoms with Crippen molar-refractivity contribution in [2.45, 2.75) is 25.7 Å². The van der Waals surface area contributed by atoms with Gasteiger partial charge in [0.05, 0.1) is 37.9 Å². The first-order chi connectivity index (χ1) is 11.9. The third-order valence-electron chi connectivity index (χ3n) is 4.85. The summed E-state index contributed by atoms with van der Waals surface area (Å²) in [5, 5.41) is 0. The summed E-state index contributed by atoms with van der Waals surface area (Å²) in [5.41, 5.74) is 1.28. The van der Waals surface area contributed by atoms with Gasteiger partial charge in [0.1, 0.15) is 17.3 Å². The average Bonchev–Trinajstić information content (AvgIpc) is 2.93. The normalized spacial score (nSPS) is 21.3. The number of allylic oxidation sites excluding steroid dienone is 2. The fourth-order valence-corrected chi connectivity index (χ4v) is 3.69. The number of methoxy groups -OCH3 is 3. The molecule has 2 aliphatic rings. The molecule has 132 valence electrons. The Kier molecular flexibility index (Phi) is 4.06. The Morgan fingerprint density at radius 3 is 2.40 bits per heavy atom. The van der Waals surface area contributed by atoms with Crippen molar-refractivity contribution >= 4 is 11.9 Å². The summed E-state index contributed by atoms with van der Waals surface area (Å²) in [6.07, 6.45) is 0.271. The Morgan fingerprint density at radius 2 is 1.80 bits per heavy atom. The third-order valence-corrected chi connectivity index (χ3v) is 4.85. The minimum atomic E-state index is -0.916. The minimum Gasteiger partial charge on any atom is -0.497 e. The van der Waals surface area contributed by atoms with Crippen LogP contribution in [0.2, 0.25) is 0 Å². The van der Waals surface area contributed by atoms with Crippen LogP contribution in [-0.4, -0.2) is 33.3 Å². The van der Waals surface area contributed by atoms with Crippen LogP contribution in [0, 0.1) is 0 Å². The lowest BCUT2D eigenvalue weighted by Crippen LogP contribution is -2.36. The smallest absolute Gasteiger partial charge is 0.335 e. The molecule has 0 bridgehead atoms. The lowest BCUT2D eigenvalue weighted by molar-refractivity contribution is -0.140. The molecule has 0 amide bonds. The number of rotatable bonds is 3. The fraction of sp³-hybridized carbons (Fsp3) is 0.368. The molecule has 0 aromatic heterocycles. The van der Waals surface area contributed by atoms with Crippen LogP contribution in [0.1, 0.15) is 25.8 Å². The number of carbonyl (C=O) groups excluding carboxylic acids is 2. The van der Waals surface area contributed by atoms with E-state index in [1.807, 2.05) is 19.9 Å². The predicted octanol–water partition coefficient (Wildman–Crippen LogP) is 2.67. The molecular formula is C19H20O6. The van der Waals surface area contributed by atoms with E-state index in [0.717, 1.165) is 11.1 Å². The van der Waals surface area contributed by atoms with Crippen LogP contribution < -0.4 is 9.47 Å². The molecule has 6 nitrogen and oxygen atoms in total. The number of esters is 2. The number of fused-ring (bicyclic) bond motifs is 3. The van der Waals surface area contributed by atoms with Crippen LogP contribution in [0.4, 0.5) is 0 Å². The van der Waals surface area contributed by atoms with Crippen molar-refractivity contribution in [3.8, 4) is 11.5 Å². The molecule has 6 heteroatoms. The van der Waals surface area contributed by atoms with Gasteiger partial charge in [-0.05, 0) is 25.5 Å². The number of hydrogen-bond donors (Lipinski definition) is 0. The van der Waals surface area contributed by atoms with Gasteiger partial charge in [-0.15, -0.1) is 0 Å². The molecule has 25 heavy (non-hydrogen) atoms. The second-order valence-electron chi connectivity index (χ2n) is 6.21. The summed E-state index contributed by atoms with van der Waals surface area (Å²) in [6, 6.07) is 5.41. The molecule has 0 fully saturated rings. The van der Waals surface area contributed by atoms with E-state index in [9.17, 15) is 9.59 Å². The van der Waals surface area contributed by atoms with Gasteiger partial charge in [-0.25, -0.2) is 9.59 Å². The maximum atomic E-state index is 12.6. The van der Waals surface area contributed by atoms with Gasteiger partial charge in [0.2, 0.25) is 0 Å². The van der Waals surface area contributed by atoms with Crippen molar-refractivity contribution in [2.24, 2.45) is 0 Å². The molecule has 3 rings (SSSR count). The summed E-state index contributed by atoms with van der Waals surface area (Å²) < 4.78 is 21.2. The Hall–Kier alpha value is -2.76. The van der Waals surface area contributed by atoms with Crippen LogP contribution in [0.25, 0.3) is 0 Å². The molecular weight excluding hydrogens is 324 g/mol. The van der Waals surface area contributed by atoms with Gasteiger partial charge in [0, 0.05) is 18.1 Å². The first-order valence-electron chi connectivity index (χ1n) is 7.85. The van der Waals surface area contributed by atoms with E-state index >= 15 is 0 Å². The molecule has 0 radical (unpaired) electrons. The van der Waals surface area contributed by atoms with Crippen molar-refractivity contribution in [1.82, 2.24) is 0 Å². The van der Waals surface area contributed by atoms with E-state index in [2.05, 4.69) is 0 Å². The first kappa shape index (κ1) is 17.1. The van der Waals surface area contributed by atoms with E-state index in [1.54, 1.807) is 19.2 Å². The number of benzene rings is 1. The van der Waals surface area contributed by atoms with E-state index in [1.165, 1.54) is 14.2 Å². The summed E-state index contributed by atoms with van der Waals surface area (Å²) in [6.45, 7) is 3.74. The van der Waals surface area contributed by atoms with Gasteiger partial charge in [0.15, 0.2) is 0 Å². The average molecular weight is 344 g/mol. The van der Waals surface area contributed by atoms with E-state index < -0.39 is 17.4 Å². The topological polar surface area (TPSA) is 71.1 Å². The highest BCUT2D eigenvalue weighted by Gasteiger charge is 2.52. The lowest BCUT2D eigenvalue weighted by Gasteiger charge is -2.33. The molecule has 0 saturated carbocycles. The lowest BCUT2D eigenvalue weighted by atomic mass is 9.68. The Morgan fingerprint density at radius 1 is 1.12 bits per heavy atom. The molecule has 0 saturated heterocycles. The minimum absolute atomic E-state index is 0.256. The van der Waals surface area contributed by atoms with Gasteiger partial charge < -0.3 is 18.9 Å². The molecule has 1 aromatic carbocycles. The zero-order chi connectivity index (χ0) is 18.4. The molecule has 1 heterocycles. The molecule has 1 aliphatic carbocycles. The van der Waals surface area contributed by atoms with Crippen molar-refractivity contribution < 1.29 is 28.5 Å². The summed E-state index contributed by atoms with van der Waals surface area (Å²) in [7, 11) is 4.17. The van der Waals surface area contributed by atoms with Gasteiger partial charge in [0.25, 0.3) is 0 Å². The van der Waals surface area contributed by atoms with Crippen molar-refractivity contribution in [2.75, 3.05) is 21.3 Å². The third kappa shape index (κ3) is 2.32. The zero-order valence-corrected chi connectivity index (χ0v) is 14.9. The van der Waals surface area contributed by atoms with Gasteiger partial charge >= 0.3 is 11.9 Å². The molecule has 0 spiro atoms. The van der Waals surface area contributed by atoms with Crippen LogP contribution in [0.3, 0.4) is 0 Å². The molecule has 1 aromatic rings. The summed E-state index contributed by atoms with van der Waals surface area (Å²) >= 11 is 0. The van der Waals surface area contributed by atoms with Gasteiger partial charge in [-0.1, -0.05) is 6.07 Å². The second-order valence-corrected chi connectivity index (χ2v) is 6.21. The molecule has 1 atom stereocenters. The van der Waals surface area contributed by atoms with E-state index in [4.69, 9.17) is 18.9 Å². The Bertz CT molecular complexity index is 832. The fourth-order valence-electron chi connectivity index (χ4n) is 3.69. The van der Waals surface area contributed by atoms with Crippen molar-refractivity contribution in [1.29, 1.82) is 0 Å². The first-order valence-corrected chi connectivity index (χ1v) is 7.85. The standard InChI is InChI=1S/C19H20O6/c1-10-8-12(17(20)23-4)15(18(21)24-5)19(2)13-7-6-11(22-3)9-14(13)25-16(10)19/h6-7,9H,8H2,1-5H3. The van der Waals surface area contributed by atoms with Crippen molar-refractivity contribution in [3.05, 3.63) is 46.2 Å². The van der Waals surface area contributed by atoms with E-state index in [-0.39, 0.29) is 12.0 Å². The maximum absolute atomic E-state index is 12.6. The van der Waals surface area contributed by atoms with Crippen LogP contribution in [0.5, 0.6) is 11.5 Å². The quantitative estimate of drug-likeness (QED) is 0.785. The number of hydrogen-bond acceptors (Lipinski definition) is 6. The maximum Gasteiger partial charge on any atom is 0.335 e. The highest BCUT2D eigenvalue weighted by atomic mass is 16.5. The SMILES string of the molecule is COC(=O)C1=C(C(=O)OC)C2(C)C(=C(C)C1)Oc1cc(OC)ccc12.